The number of methoxy groups -OCH3 is 2. The summed E-state index contributed by atoms with van der Waals surface area (Å²) in [6.45, 7) is 4.52. The minimum absolute atomic E-state index is 0.0977. The molecular weight excluding hydrogens is 388 g/mol. The molecule has 1 aliphatic rings. The molecule has 1 saturated heterocycles. The van der Waals surface area contributed by atoms with Gasteiger partial charge in [0.2, 0.25) is 0 Å². The number of aromatic nitrogens is 4. The number of rotatable bonds is 7. The summed E-state index contributed by atoms with van der Waals surface area (Å²) in [7, 11) is 5.50. The molecule has 1 fully saturated rings. The lowest BCUT2D eigenvalue weighted by Gasteiger charge is -2.37. The molecule has 0 radical (unpaired) electrons. The van der Waals surface area contributed by atoms with Crippen molar-refractivity contribution in [3.8, 4) is 11.5 Å². The Balaban J connectivity index is 1.75. The van der Waals surface area contributed by atoms with Gasteiger partial charge in [0.05, 0.1) is 20.8 Å². The molecule has 8 nitrogen and oxygen atoms in total. The van der Waals surface area contributed by atoms with Crippen molar-refractivity contribution in [1.29, 1.82) is 0 Å². The highest BCUT2D eigenvalue weighted by molar-refractivity contribution is 7.09. The monoisotopic (exact) mass is 414 g/mol. The predicted octanol–water partition coefficient (Wildman–Crippen LogP) is 2.14. The second-order valence-corrected chi connectivity index (χ2v) is 8.16. The second-order valence-electron chi connectivity index (χ2n) is 7.12. The summed E-state index contributed by atoms with van der Waals surface area (Å²) in [4.78, 5) is 5.99. The summed E-state index contributed by atoms with van der Waals surface area (Å²) in [5, 5.41) is 14.8. The van der Waals surface area contributed by atoms with E-state index in [0.717, 1.165) is 49.1 Å². The molecule has 0 amide bonds. The first-order valence-corrected chi connectivity index (χ1v) is 10.5. The number of tetrazole rings is 1. The van der Waals surface area contributed by atoms with Crippen LogP contribution >= 0.6 is 11.3 Å². The first-order valence-electron chi connectivity index (χ1n) is 9.62. The fourth-order valence-electron chi connectivity index (χ4n) is 3.69. The van der Waals surface area contributed by atoms with Crippen molar-refractivity contribution >= 4 is 11.3 Å². The molecule has 0 saturated carbocycles. The zero-order valence-electron chi connectivity index (χ0n) is 17.0. The Kier molecular flexibility index (Phi) is 6.08. The molecule has 0 N–H and O–H groups in total. The molecule has 0 aliphatic carbocycles. The molecule has 3 heterocycles. The Morgan fingerprint density at radius 1 is 1.10 bits per heavy atom. The number of benzene rings is 1. The fourth-order valence-corrected chi connectivity index (χ4v) is 4.38. The molecule has 3 aromatic rings. The summed E-state index contributed by atoms with van der Waals surface area (Å²) in [6.07, 6.45) is 0. The molecule has 9 heteroatoms. The highest BCUT2D eigenvalue weighted by Gasteiger charge is 2.32. The van der Waals surface area contributed by atoms with Gasteiger partial charge >= 0.3 is 0 Å². The highest BCUT2D eigenvalue weighted by Crippen LogP contribution is 2.36. The number of hydrogen-bond acceptors (Lipinski definition) is 8. The van der Waals surface area contributed by atoms with Crippen LogP contribution in [0.3, 0.4) is 0 Å². The van der Waals surface area contributed by atoms with Crippen LogP contribution in [0.5, 0.6) is 11.5 Å². The smallest absolute Gasteiger partial charge is 0.173 e. The van der Waals surface area contributed by atoms with E-state index < -0.39 is 0 Å². The van der Waals surface area contributed by atoms with Crippen molar-refractivity contribution in [3.05, 3.63) is 52.0 Å². The lowest BCUT2D eigenvalue weighted by Crippen LogP contribution is -2.46. The van der Waals surface area contributed by atoms with Gasteiger partial charge in [-0.1, -0.05) is 6.07 Å². The van der Waals surface area contributed by atoms with E-state index in [1.807, 2.05) is 16.8 Å². The summed E-state index contributed by atoms with van der Waals surface area (Å²) >= 11 is 1.71. The summed E-state index contributed by atoms with van der Waals surface area (Å²) in [6, 6.07) is 10.0. The van der Waals surface area contributed by atoms with E-state index in [1.165, 1.54) is 4.88 Å². The Morgan fingerprint density at radius 2 is 1.93 bits per heavy atom. The highest BCUT2D eigenvalue weighted by atomic mass is 32.1. The van der Waals surface area contributed by atoms with E-state index >= 15 is 0 Å². The maximum absolute atomic E-state index is 5.73. The van der Waals surface area contributed by atoms with Crippen LogP contribution in [0.2, 0.25) is 0 Å². The third-order valence-corrected chi connectivity index (χ3v) is 6.19. The quantitative estimate of drug-likeness (QED) is 0.587. The van der Waals surface area contributed by atoms with Crippen LogP contribution in [0.15, 0.2) is 35.7 Å². The van der Waals surface area contributed by atoms with Gasteiger partial charge in [0, 0.05) is 42.7 Å². The SMILES string of the molecule is COc1ccc([C@@H](c2nnnn2Cc2cccs2)N2CCN(C)CC2)c(OC)c1. The standard InChI is InChI=1S/C20H26N6O2S/c1-24-8-10-25(11-9-24)19(17-7-6-15(27-2)13-18(17)28-3)20-21-22-23-26(20)14-16-5-4-12-29-16/h4-7,12-13,19H,8-11,14H2,1-3H3/t19-/m0/s1. The van der Waals surface area contributed by atoms with Gasteiger partial charge in [0.15, 0.2) is 5.82 Å². The summed E-state index contributed by atoms with van der Waals surface area (Å²) in [5.74, 6) is 2.37. The van der Waals surface area contributed by atoms with E-state index in [4.69, 9.17) is 9.47 Å². The van der Waals surface area contributed by atoms with Crippen molar-refractivity contribution in [1.82, 2.24) is 30.0 Å². The Morgan fingerprint density at radius 3 is 2.62 bits per heavy atom. The number of thiophene rings is 1. The summed E-state index contributed by atoms with van der Waals surface area (Å²) in [5.41, 5.74) is 1.04. The van der Waals surface area contributed by atoms with Gasteiger partial charge in [0.25, 0.3) is 0 Å². The number of likely N-dealkylation sites (N-methyl/N-ethyl adjacent to an activating group) is 1. The average Bonchev–Trinajstić information content (AvgIpc) is 3.43. The van der Waals surface area contributed by atoms with Gasteiger partial charge in [-0.2, -0.15) is 0 Å². The van der Waals surface area contributed by atoms with Crippen LogP contribution in [-0.4, -0.2) is 77.5 Å². The van der Waals surface area contributed by atoms with E-state index in [1.54, 1.807) is 25.6 Å². The van der Waals surface area contributed by atoms with E-state index in [-0.39, 0.29) is 6.04 Å². The number of ether oxygens (including phenoxy) is 2. The molecule has 1 aromatic carbocycles. The van der Waals surface area contributed by atoms with Crippen molar-refractivity contribution in [3.63, 3.8) is 0 Å². The van der Waals surface area contributed by atoms with Gasteiger partial charge in [-0.3, -0.25) is 4.90 Å². The summed E-state index contributed by atoms with van der Waals surface area (Å²) < 4.78 is 13.0. The molecule has 2 aromatic heterocycles. The zero-order chi connectivity index (χ0) is 20.2. The van der Waals surface area contributed by atoms with E-state index in [2.05, 4.69) is 56.0 Å². The molecule has 29 heavy (non-hydrogen) atoms. The van der Waals surface area contributed by atoms with Crippen LogP contribution in [0, 0.1) is 0 Å². The topological polar surface area (TPSA) is 68.5 Å². The Hall–Kier alpha value is -2.49. The minimum atomic E-state index is -0.0977. The van der Waals surface area contributed by atoms with Gasteiger partial charge in [-0.25, -0.2) is 4.68 Å². The van der Waals surface area contributed by atoms with E-state index in [0.29, 0.717) is 6.54 Å². The van der Waals surface area contributed by atoms with Gasteiger partial charge < -0.3 is 14.4 Å². The molecule has 0 spiro atoms. The Labute approximate surface area is 174 Å². The molecule has 0 unspecified atom stereocenters. The molecule has 4 rings (SSSR count). The fraction of sp³-hybridized carbons (Fsp3) is 0.450. The van der Waals surface area contributed by atoms with Gasteiger partial charge in [-0.05, 0) is 41.1 Å². The second kappa shape index (κ2) is 8.89. The van der Waals surface area contributed by atoms with Crippen molar-refractivity contribution in [2.45, 2.75) is 12.6 Å². The van der Waals surface area contributed by atoms with Crippen molar-refractivity contribution in [2.24, 2.45) is 0 Å². The Bertz CT molecular complexity index is 921. The van der Waals surface area contributed by atoms with E-state index in [9.17, 15) is 0 Å². The van der Waals surface area contributed by atoms with Crippen molar-refractivity contribution < 1.29 is 9.47 Å². The maximum atomic E-state index is 5.73. The molecule has 0 bridgehead atoms. The number of hydrogen-bond donors (Lipinski definition) is 0. The van der Waals surface area contributed by atoms with Crippen molar-refractivity contribution in [2.75, 3.05) is 47.4 Å². The third-order valence-electron chi connectivity index (χ3n) is 5.33. The first-order chi connectivity index (χ1) is 14.2. The zero-order valence-corrected chi connectivity index (χ0v) is 17.8. The maximum Gasteiger partial charge on any atom is 0.173 e. The average molecular weight is 415 g/mol. The van der Waals surface area contributed by atoms with Crippen LogP contribution in [0.1, 0.15) is 22.3 Å². The molecular formula is C20H26N6O2S. The minimum Gasteiger partial charge on any atom is -0.497 e. The van der Waals surface area contributed by atoms with Crippen LogP contribution in [0.25, 0.3) is 0 Å². The molecule has 154 valence electrons. The molecule has 1 aliphatic heterocycles. The lowest BCUT2D eigenvalue weighted by molar-refractivity contribution is 0.120. The predicted molar refractivity (Wildman–Crippen MR) is 112 cm³/mol. The number of nitrogens with zero attached hydrogens (tertiary/aromatic N) is 6. The first kappa shape index (κ1) is 19.8. The normalized spacial score (nSPS) is 16.7. The van der Waals surface area contributed by atoms with Gasteiger partial charge in [0.1, 0.15) is 17.5 Å². The number of piperazine rings is 1. The van der Waals surface area contributed by atoms with Crippen LogP contribution in [0.4, 0.5) is 0 Å². The van der Waals surface area contributed by atoms with Crippen LogP contribution < -0.4 is 9.47 Å². The van der Waals surface area contributed by atoms with Gasteiger partial charge in [-0.15, -0.1) is 16.4 Å². The van der Waals surface area contributed by atoms with Crippen LogP contribution in [-0.2, 0) is 6.54 Å². The lowest BCUT2D eigenvalue weighted by atomic mass is 10.0. The largest absolute Gasteiger partial charge is 0.497 e. The third kappa shape index (κ3) is 4.26. The molecule has 1 atom stereocenters.